The number of methoxy groups -OCH3 is 1. The maximum atomic E-state index is 12.0. The predicted octanol–water partition coefficient (Wildman–Crippen LogP) is 2.80. The summed E-state index contributed by atoms with van der Waals surface area (Å²) in [5.74, 6) is 1.99. The molecule has 3 aromatic rings. The zero-order chi connectivity index (χ0) is 29.3. The van der Waals surface area contributed by atoms with Gasteiger partial charge >= 0.3 is 0 Å². The summed E-state index contributed by atoms with van der Waals surface area (Å²) >= 11 is 0. The lowest BCUT2D eigenvalue weighted by Crippen LogP contribution is -2.30. The van der Waals surface area contributed by atoms with Gasteiger partial charge < -0.3 is 40.6 Å². The summed E-state index contributed by atoms with van der Waals surface area (Å²) in [6.07, 6.45) is 0. The fraction of sp³-hybridized carbons (Fsp3) is 0.448. The fourth-order valence-corrected chi connectivity index (χ4v) is 3.60. The number of carbonyl (C=O) groups is 1. The minimum atomic E-state index is -0.199. The maximum absolute atomic E-state index is 12.0. The molecule has 1 aromatic heterocycles. The standard InChI is InChI=1S/C29H41N7O5/c1-21(2)25(20-37)33-29-35-27(34-28(36-29)32-19-22-9-11-24(39-3)12-10-22)31-14-16-41-18-17-40-15-13-30-26(38)23-7-5-4-6-8-23/h4-12,21,25,37H,13-20H2,1-3H3,(H,30,38)(H3,31,32,33,34,35,36)/t25-/m1/s1. The number of rotatable bonds is 19. The van der Waals surface area contributed by atoms with Gasteiger partial charge in [0.1, 0.15) is 5.75 Å². The number of aliphatic hydroxyl groups is 1. The van der Waals surface area contributed by atoms with Gasteiger partial charge in [-0.2, -0.15) is 15.0 Å². The van der Waals surface area contributed by atoms with E-state index >= 15 is 0 Å². The number of hydrogen-bond donors (Lipinski definition) is 5. The monoisotopic (exact) mass is 567 g/mol. The number of carbonyl (C=O) groups excluding carboxylic acids is 1. The second-order valence-corrected chi connectivity index (χ2v) is 9.46. The predicted molar refractivity (Wildman–Crippen MR) is 158 cm³/mol. The van der Waals surface area contributed by atoms with E-state index < -0.39 is 0 Å². The molecule has 0 radical (unpaired) electrons. The molecule has 0 saturated carbocycles. The zero-order valence-corrected chi connectivity index (χ0v) is 23.9. The molecule has 2 aromatic carbocycles. The average Bonchev–Trinajstić information content (AvgIpc) is 3.00. The lowest BCUT2D eigenvalue weighted by molar-refractivity contribution is 0.0519. The topological polar surface area (TPSA) is 152 Å². The number of aromatic nitrogens is 3. The number of aliphatic hydroxyl groups excluding tert-OH is 1. The van der Waals surface area contributed by atoms with Crippen molar-refractivity contribution < 1.29 is 24.1 Å². The number of ether oxygens (including phenoxy) is 3. The van der Waals surface area contributed by atoms with E-state index in [0.29, 0.717) is 69.5 Å². The van der Waals surface area contributed by atoms with Gasteiger partial charge in [-0.15, -0.1) is 0 Å². The van der Waals surface area contributed by atoms with Gasteiger partial charge in [-0.05, 0) is 35.7 Å². The molecule has 1 heterocycles. The third-order valence-electron chi connectivity index (χ3n) is 6.03. The van der Waals surface area contributed by atoms with Gasteiger partial charge in [0.05, 0.1) is 46.2 Å². The Morgan fingerprint density at radius 3 is 2.10 bits per heavy atom. The van der Waals surface area contributed by atoms with Crippen LogP contribution in [0.25, 0.3) is 0 Å². The first kappa shape index (κ1) is 31.5. The molecular formula is C29H41N7O5. The van der Waals surface area contributed by atoms with Gasteiger partial charge in [0.15, 0.2) is 0 Å². The highest BCUT2D eigenvalue weighted by atomic mass is 16.5. The normalized spacial score (nSPS) is 11.6. The highest BCUT2D eigenvalue weighted by Gasteiger charge is 2.15. The van der Waals surface area contributed by atoms with Gasteiger partial charge in [-0.1, -0.05) is 44.2 Å². The zero-order valence-electron chi connectivity index (χ0n) is 23.9. The maximum Gasteiger partial charge on any atom is 0.251 e. The van der Waals surface area contributed by atoms with Crippen LogP contribution in [-0.4, -0.2) is 85.2 Å². The molecule has 0 aliphatic rings. The summed E-state index contributed by atoms with van der Waals surface area (Å²) in [6, 6.07) is 16.6. The van der Waals surface area contributed by atoms with Crippen molar-refractivity contribution in [2.75, 3.05) is 69.2 Å². The van der Waals surface area contributed by atoms with Gasteiger partial charge in [0, 0.05) is 25.2 Å². The molecule has 12 nitrogen and oxygen atoms in total. The van der Waals surface area contributed by atoms with Crippen LogP contribution in [0.3, 0.4) is 0 Å². The second kappa shape index (κ2) is 17.6. The Labute approximate surface area is 241 Å². The molecule has 0 aliphatic carbocycles. The molecule has 0 spiro atoms. The quantitative estimate of drug-likeness (QED) is 0.136. The van der Waals surface area contributed by atoms with Crippen LogP contribution in [0.4, 0.5) is 17.8 Å². The molecule has 1 atom stereocenters. The molecule has 0 aliphatic heterocycles. The second-order valence-electron chi connectivity index (χ2n) is 9.46. The summed E-state index contributed by atoms with van der Waals surface area (Å²) in [5.41, 5.74) is 1.66. The van der Waals surface area contributed by atoms with Crippen LogP contribution in [0.5, 0.6) is 5.75 Å². The third-order valence-corrected chi connectivity index (χ3v) is 6.03. The molecule has 0 bridgehead atoms. The number of nitrogens with one attached hydrogen (secondary N) is 4. The number of amides is 1. The van der Waals surface area contributed by atoms with Crippen LogP contribution in [0, 0.1) is 5.92 Å². The molecule has 222 valence electrons. The number of anilines is 3. The third kappa shape index (κ3) is 11.6. The first-order valence-corrected chi connectivity index (χ1v) is 13.7. The van der Waals surface area contributed by atoms with E-state index in [0.717, 1.165) is 11.3 Å². The summed E-state index contributed by atoms with van der Waals surface area (Å²) in [5, 5.41) is 22.1. The van der Waals surface area contributed by atoms with Crippen LogP contribution in [0.15, 0.2) is 54.6 Å². The van der Waals surface area contributed by atoms with Gasteiger partial charge in [0.25, 0.3) is 5.91 Å². The van der Waals surface area contributed by atoms with Crippen molar-refractivity contribution >= 4 is 23.8 Å². The van der Waals surface area contributed by atoms with Crippen molar-refractivity contribution in [3.05, 3.63) is 65.7 Å². The van der Waals surface area contributed by atoms with Crippen LogP contribution < -0.4 is 26.0 Å². The smallest absolute Gasteiger partial charge is 0.251 e. The Morgan fingerprint density at radius 2 is 1.46 bits per heavy atom. The number of hydrogen-bond acceptors (Lipinski definition) is 11. The van der Waals surface area contributed by atoms with E-state index in [1.54, 1.807) is 19.2 Å². The lowest BCUT2D eigenvalue weighted by atomic mass is 10.1. The molecule has 1 amide bonds. The van der Waals surface area contributed by atoms with E-state index in [9.17, 15) is 9.90 Å². The van der Waals surface area contributed by atoms with Gasteiger partial charge in [0.2, 0.25) is 17.8 Å². The first-order valence-electron chi connectivity index (χ1n) is 13.7. The first-order chi connectivity index (χ1) is 20.0. The SMILES string of the molecule is COc1ccc(CNc2nc(NCCOCCOCCNC(=O)c3ccccc3)nc(N[C@H](CO)C(C)C)n2)cc1. The molecule has 12 heteroatoms. The van der Waals surface area contributed by atoms with E-state index in [2.05, 4.69) is 36.2 Å². The van der Waals surface area contributed by atoms with E-state index in [1.165, 1.54) is 0 Å². The van der Waals surface area contributed by atoms with Crippen molar-refractivity contribution in [2.24, 2.45) is 5.92 Å². The number of benzene rings is 2. The van der Waals surface area contributed by atoms with Crippen molar-refractivity contribution in [3.63, 3.8) is 0 Å². The summed E-state index contributed by atoms with van der Waals surface area (Å²) in [7, 11) is 1.63. The molecule has 0 saturated heterocycles. The van der Waals surface area contributed by atoms with E-state index in [4.69, 9.17) is 14.2 Å². The van der Waals surface area contributed by atoms with Crippen LogP contribution in [-0.2, 0) is 16.0 Å². The Bertz CT molecular complexity index is 1170. The Balaban J connectivity index is 1.40. The summed E-state index contributed by atoms with van der Waals surface area (Å²) in [6.45, 7) is 7.04. The molecule has 41 heavy (non-hydrogen) atoms. The van der Waals surface area contributed by atoms with Crippen molar-refractivity contribution in [3.8, 4) is 5.75 Å². The Morgan fingerprint density at radius 1 is 0.829 bits per heavy atom. The highest BCUT2D eigenvalue weighted by molar-refractivity contribution is 5.94. The Kier molecular flexibility index (Phi) is 13.6. The van der Waals surface area contributed by atoms with Crippen LogP contribution in [0.2, 0.25) is 0 Å². The van der Waals surface area contributed by atoms with Crippen molar-refractivity contribution in [1.82, 2.24) is 20.3 Å². The van der Waals surface area contributed by atoms with Crippen molar-refractivity contribution in [1.29, 1.82) is 0 Å². The van der Waals surface area contributed by atoms with E-state index in [-0.39, 0.29) is 24.5 Å². The molecule has 5 N–H and O–H groups in total. The van der Waals surface area contributed by atoms with Crippen molar-refractivity contribution in [2.45, 2.75) is 26.4 Å². The van der Waals surface area contributed by atoms with Crippen LogP contribution in [0.1, 0.15) is 29.8 Å². The highest BCUT2D eigenvalue weighted by Crippen LogP contribution is 2.15. The van der Waals surface area contributed by atoms with E-state index in [1.807, 2.05) is 56.3 Å². The minimum absolute atomic E-state index is 0.0456. The molecular weight excluding hydrogens is 526 g/mol. The van der Waals surface area contributed by atoms with Gasteiger partial charge in [-0.3, -0.25) is 4.79 Å². The van der Waals surface area contributed by atoms with Gasteiger partial charge in [-0.25, -0.2) is 0 Å². The minimum Gasteiger partial charge on any atom is -0.497 e. The fourth-order valence-electron chi connectivity index (χ4n) is 3.60. The molecule has 0 unspecified atom stereocenters. The summed E-state index contributed by atoms with van der Waals surface area (Å²) < 4.78 is 16.4. The Hall–Kier alpha value is -4.00. The number of nitrogens with zero attached hydrogens (tertiary/aromatic N) is 3. The molecule has 3 rings (SSSR count). The largest absolute Gasteiger partial charge is 0.497 e. The van der Waals surface area contributed by atoms with Crippen LogP contribution >= 0.6 is 0 Å². The summed E-state index contributed by atoms with van der Waals surface area (Å²) in [4.78, 5) is 25.4. The molecule has 0 fully saturated rings. The lowest BCUT2D eigenvalue weighted by Gasteiger charge is -2.20. The average molecular weight is 568 g/mol.